The molecule has 33 heavy (non-hydrogen) atoms. The summed E-state index contributed by atoms with van der Waals surface area (Å²) < 4.78 is 20.9. The third-order valence-corrected chi connectivity index (χ3v) is 6.39. The highest BCUT2D eigenvalue weighted by Crippen LogP contribution is 2.30. The molecule has 0 saturated carbocycles. The predicted octanol–water partition coefficient (Wildman–Crippen LogP) is 3.00. The molecule has 170 valence electrons. The number of benzene rings is 2. The summed E-state index contributed by atoms with van der Waals surface area (Å²) in [5.74, 6) is -0.938. The van der Waals surface area contributed by atoms with Gasteiger partial charge in [-0.05, 0) is 55.3 Å². The van der Waals surface area contributed by atoms with Gasteiger partial charge in [0.05, 0.1) is 28.5 Å². The molecule has 0 saturated heterocycles. The van der Waals surface area contributed by atoms with Crippen LogP contribution in [-0.4, -0.2) is 31.2 Å². The van der Waals surface area contributed by atoms with Crippen molar-refractivity contribution in [2.75, 3.05) is 25.6 Å². The van der Waals surface area contributed by atoms with E-state index in [1.54, 1.807) is 26.0 Å². The van der Waals surface area contributed by atoms with E-state index in [2.05, 4.69) is 4.99 Å². The van der Waals surface area contributed by atoms with Crippen LogP contribution in [0.4, 0.5) is 10.1 Å². The van der Waals surface area contributed by atoms with E-state index in [9.17, 15) is 14.0 Å². The largest absolute Gasteiger partial charge is 0.463 e. The van der Waals surface area contributed by atoms with E-state index in [1.807, 2.05) is 49.3 Å². The number of carbonyl (C=O) groups is 1. The van der Waals surface area contributed by atoms with Gasteiger partial charge in [0, 0.05) is 19.8 Å². The Morgan fingerprint density at radius 1 is 1.18 bits per heavy atom. The van der Waals surface area contributed by atoms with Crippen LogP contribution >= 0.6 is 11.3 Å². The number of ether oxygens (including phenoxy) is 1. The van der Waals surface area contributed by atoms with Gasteiger partial charge in [-0.15, -0.1) is 0 Å². The third kappa shape index (κ3) is 4.39. The lowest BCUT2D eigenvalue weighted by molar-refractivity contribution is -0.139. The normalized spacial score (nSPS) is 15.8. The number of anilines is 1. The number of carbonyl (C=O) groups excluding carboxylic acids is 1. The molecule has 0 radical (unpaired) electrons. The Labute approximate surface area is 194 Å². The van der Waals surface area contributed by atoms with Crippen molar-refractivity contribution in [1.82, 2.24) is 4.57 Å². The summed E-state index contributed by atoms with van der Waals surface area (Å²) in [6, 6.07) is 12.9. The first-order chi connectivity index (χ1) is 15.8. The second kappa shape index (κ2) is 9.15. The zero-order valence-electron chi connectivity index (χ0n) is 18.8. The van der Waals surface area contributed by atoms with E-state index in [-0.39, 0.29) is 17.7 Å². The third-order valence-electron chi connectivity index (χ3n) is 5.41. The fourth-order valence-electron chi connectivity index (χ4n) is 3.77. The maximum Gasteiger partial charge on any atom is 0.338 e. The van der Waals surface area contributed by atoms with E-state index >= 15 is 0 Å². The Morgan fingerprint density at radius 2 is 1.85 bits per heavy atom. The molecule has 1 aliphatic rings. The van der Waals surface area contributed by atoms with Gasteiger partial charge >= 0.3 is 5.97 Å². The van der Waals surface area contributed by atoms with Gasteiger partial charge in [-0.25, -0.2) is 14.2 Å². The topological polar surface area (TPSA) is 63.9 Å². The lowest BCUT2D eigenvalue weighted by Gasteiger charge is -2.24. The lowest BCUT2D eigenvalue weighted by atomic mass is 9.96. The van der Waals surface area contributed by atoms with Crippen molar-refractivity contribution >= 4 is 29.1 Å². The molecule has 2 aromatic carbocycles. The standard InChI is InChI=1S/C25H24FN3O3S/c1-5-32-24(31)21-15(2)27-25-29(22(21)17-8-10-18(26)11-9-17)23(30)20(33-25)14-16-6-12-19(13-7-16)28(3)4/h6-14,22H,5H2,1-4H3/b20-14-/t22-/m0/s1. The minimum atomic E-state index is -0.751. The van der Waals surface area contributed by atoms with Crippen LogP contribution in [0.5, 0.6) is 0 Å². The highest BCUT2D eigenvalue weighted by atomic mass is 32.1. The molecule has 8 heteroatoms. The predicted molar refractivity (Wildman–Crippen MR) is 128 cm³/mol. The lowest BCUT2D eigenvalue weighted by Crippen LogP contribution is -2.39. The van der Waals surface area contributed by atoms with Crippen molar-refractivity contribution < 1.29 is 13.9 Å². The molecule has 0 amide bonds. The first-order valence-electron chi connectivity index (χ1n) is 10.5. The minimum absolute atomic E-state index is 0.194. The van der Waals surface area contributed by atoms with Crippen molar-refractivity contribution in [3.8, 4) is 0 Å². The first kappa shape index (κ1) is 22.7. The monoisotopic (exact) mass is 465 g/mol. The number of rotatable bonds is 5. The zero-order chi connectivity index (χ0) is 23.7. The van der Waals surface area contributed by atoms with Crippen molar-refractivity contribution in [1.29, 1.82) is 0 Å². The van der Waals surface area contributed by atoms with Gasteiger partial charge in [-0.2, -0.15) is 0 Å². The average molecular weight is 466 g/mol. The van der Waals surface area contributed by atoms with Crippen LogP contribution in [0.1, 0.15) is 31.0 Å². The Morgan fingerprint density at radius 3 is 2.45 bits per heavy atom. The number of allylic oxidation sites excluding steroid dienone is 1. The van der Waals surface area contributed by atoms with Gasteiger partial charge < -0.3 is 9.64 Å². The Hall–Kier alpha value is -3.52. The summed E-state index contributed by atoms with van der Waals surface area (Å²) in [5.41, 5.74) is 3.03. The quantitative estimate of drug-likeness (QED) is 0.544. The Balaban J connectivity index is 1.90. The summed E-state index contributed by atoms with van der Waals surface area (Å²) in [6.45, 7) is 3.64. The van der Waals surface area contributed by atoms with E-state index < -0.39 is 17.8 Å². The molecule has 4 rings (SSSR count). The maximum atomic E-state index is 13.6. The van der Waals surface area contributed by atoms with Gasteiger partial charge in [-0.1, -0.05) is 35.6 Å². The summed E-state index contributed by atoms with van der Waals surface area (Å²) >= 11 is 1.26. The zero-order valence-corrected chi connectivity index (χ0v) is 19.6. The number of hydrogen-bond donors (Lipinski definition) is 0. The first-order valence-corrected chi connectivity index (χ1v) is 11.3. The van der Waals surface area contributed by atoms with Crippen LogP contribution in [0.15, 0.2) is 69.6 Å². The van der Waals surface area contributed by atoms with Gasteiger partial charge in [0.15, 0.2) is 4.80 Å². The van der Waals surface area contributed by atoms with Crippen molar-refractivity contribution in [3.05, 3.63) is 96.4 Å². The molecule has 0 bridgehead atoms. The summed E-state index contributed by atoms with van der Waals surface area (Å²) in [4.78, 5) is 33.4. The molecular formula is C25H24FN3O3S. The second-order valence-corrected chi connectivity index (χ2v) is 8.85. The number of esters is 1. The number of aromatic nitrogens is 1. The Bertz CT molecular complexity index is 1400. The van der Waals surface area contributed by atoms with E-state index in [0.717, 1.165) is 11.3 Å². The molecule has 1 atom stereocenters. The summed E-state index contributed by atoms with van der Waals surface area (Å²) in [7, 11) is 3.93. The molecule has 2 heterocycles. The van der Waals surface area contributed by atoms with Gasteiger partial charge in [-0.3, -0.25) is 9.36 Å². The number of halogens is 1. The molecule has 0 spiro atoms. The molecule has 6 nitrogen and oxygen atoms in total. The van der Waals surface area contributed by atoms with Crippen LogP contribution < -0.4 is 19.8 Å². The van der Waals surface area contributed by atoms with Gasteiger partial charge in [0.1, 0.15) is 5.82 Å². The van der Waals surface area contributed by atoms with Gasteiger partial charge in [0.2, 0.25) is 0 Å². The number of fused-ring (bicyclic) bond motifs is 1. The molecule has 1 aromatic heterocycles. The fourth-order valence-corrected chi connectivity index (χ4v) is 4.82. The number of hydrogen-bond acceptors (Lipinski definition) is 6. The Kier molecular flexibility index (Phi) is 6.29. The van der Waals surface area contributed by atoms with E-state index in [1.165, 1.54) is 28.0 Å². The number of nitrogens with zero attached hydrogens (tertiary/aromatic N) is 3. The average Bonchev–Trinajstić information content (AvgIpc) is 3.08. The van der Waals surface area contributed by atoms with Crippen LogP contribution in [0.2, 0.25) is 0 Å². The van der Waals surface area contributed by atoms with Crippen molar-refractivity contribution in [2.45, 2.75) is 19.9 Å². The highest BCUT2D eigenvalue weighted by Gasteiger charge is 2.33. The van der Waals surface area contributed by atoms with Crippen LogP contribution in [0, 0.1) is 5.82 Å². The van der Waals surface area contributed by atoms with Crippen molar-refractivity contribution in [2.24, 2.45) is 4.99 Å². The molecule has 0 fully saturated rings. The van der Waals surface area contributed by atoms with Gasteiger partial charge in [0.25, 0.3) is 5.56 Å². The molecule has 3 aromatic rings. The summed E-state index contributed by atoms with van der Waals surface area (Å²) in [5, 5.41) is 0. The van der Waals surface area contributed by atoms with Crippen molar-refractivity contribution in [3.63, 3.8) is 0 Å². The highest BCUT2D eigenvalue weighted by molar-refractivity contribution is 7.07. The molecule has 0 aliphatic carbocycles. The van der Waals surface area contributed by atoms with E-state index in [0.29, 0.717) is 20.6 Å². The van der Waals surface area contributed by atoms with Crippen LogP contribution in [-0.2, 0) is 9.53 Å². The maximum absolute atomic E-state index is 13.6. The molecule has 1 aliphatic heterocycles. The SMILES string of the molecule is CCOC(=O)C1=C(C)N=c2s/c(=C\c3ccc(N(C)C)cc3)c(=O)n2[C@H]1c1ccc(F)cc1. The summed E-state index contributed by atoms with van der Waals surface area (Å²) in [6.07, 6.45) is 1.81. The minimum Gasteiger partial charge on any atom is -0.463 e. The fraction of sp³-hybridized carbons (Fsp3) is 0.240. The molecule has 0 unspecified atom stereocenters. The number of thiazole rings is 1. The molecule has 0 N–H and O–H groups in total. The molecular weight excluding hydrogens is 441 g/mol. The second-order valence-electron chi connectivity index (χ2n) is 7.84. The van der Waals surface area contributed by atoms with E-state index in [4.69, 9.17) is 4.74 Å². The van der Waals surface area contributed by atoms with Crippen LogP contribution in [0.3, 0.4) is 0 Å². The van der Waals surface area contributed by atoms with Crippen LogP contribution in [0.25, 0.3) is 6.08 Å². The smallest absolute Gasteiger partial charge is 0.338 e.